The summed E-state index contributed by atoms with van der Waals surface area (Å²) < 4.78 is 0. The van der Waals surface area contributed by atoms with Gasteiger partial charge in [0.05, 0.1) is 5.92 Å². The van der Waals surface area contributed by atoms with Crippen LogP contribution in [0.1, 0.15) is 38.7 Å². The quantitative estimate of drug-likeness (QED) is 0.892. The number of rotatable bonds is 3. The Labute approximate surface area is 108 Å². The first-order valence-corrected chi connectivity index (χ1v) is 6.60. The maximum atomic E-state index is 11.2. The van der Waals surface area contributed by atoms with Gasteiger partial charge in [0.25, 0.3) is 0 Å². The van der Waals surface area contributed by atoms with E-state index in [1.807, 2.05) is 19.1 Å². The minimum absolute atomic E-state index is 0.0717. The van der Waals surface area contributed by atoms with Crippen molar-refractivity contribution in [2.45, 2.75) is 39.2 Å². The van der Waals surface area contributed by atoms with Crippen molar-refractivity contribution in [3.63, 3.8) is 0 Å². The van der Waals surface area contributed by atoms with Gasteiger partial charge >= 0.3 is 5.97 Å². The smallest absolute Gasteiger partial charge is 0.308 e. The Morgan fingerprint density at radius 1 is 1.39 bits per heavy atom. The molecule has 2 rings (SSSR count). The van der Waals surface area contributed by atoms with Crippen LogP contribution >= 0.6 is 0 Å². The van der Waals surface area contributed by atoms with Crippen LogP contribution < -0.4 is 4.90 Å². The molecule has 1 fully saturated rings. The second kappa shape index (κ2) is 5.01. The van der Waals surface area contributed by atoms with Gasteiger partial charge in [-0.1, -0.05) is 32.0 Å². The lowest BCUT2D eigenvalue weighted by molar-refractivity contribution is -0.141. The highest BCUT2D eigenvalue weighted by molar-refractivity contribution is 5.73. The van der Waals surface area contributed by atoms with E-state index in [0.717, 1.165) is 13.0 Å². The normalized spacial score (nSPS) is 23.7. The second-order valence-electron chi connectivity index (χ2n) is 5.38. The summed E-state index contributed by atoms with van der Waals surface area (Å²) in [5, 5.41) is 9.20. The summed E-state index contributed by atoms with van der Waals surface area (Å²) in [5.41, 5.74) is 2.50. The van der Waals surface area contributed by atoms with E-state index in [0.29, 0.717) is 5.92 Å². The van der Waals surface area contributed by atoms with Gasteiger partial charge in [0.1, 0.15) is 0 Å². The largest absolute Gasteiger partial charge is 0.481 e. The van der Waals surface area contributed by atoms with Crippen LogP contribution in [-0.4, -0.2) is 23.7 Å². The molecule has 98 valence electrons. The van der Waals surface area contributed by atoms with Gasteiger partial charge < -0.3 is 10.0 Å². The number of carboxylic acids is 1. The first-order chi connectivity index (χ1) is 8.52. The van der Waals surface area contributed by atoms with Gasteiger partial charge in [-0.3, -0.25) is 4.79 Å². The molecule has 1 aromatic rings. The predicted octanol–water partition coefficient (Wildman–Crippen LogP) is 3.11. The molecule has 0 aromatic heterocycles. The van der Waals surface area contributed by atoms with Crippen LogP contribution in [0.4, 0.5) is 5.69 Å². The van der Waals surface area contributed by atoms with Crippen molar-refractivity contribution < 1.29 is 9.90 Å². The summed E-state index contributed by atoms with van der Waals surface area (Å²) in [5.74, 6) is -0.463. The van der Waals surface area contributed by atoms with E-state index < -0.39 is 5.97 Å². The van der Waals surface area contributed by atoms with Crippen molar-refractivity contribution in [1.29, 1.82) is 0 Å². The number of anilines is 1. The van der Waals surface area contributed by atoms with E-state index in [9.17, 15) is 9.90 Å². The van der Waals surface area contributed by atoms with Crippen LogP contribution in [0.15, 0.2) is 24.3 Å². The molecule has 0 aliphatic carbocycles. The Morgan fingerprint density at radius 3 is 2.61 bits per heavy atom. The summed E-state index contributed by atoms with van der Waals surface area (Å²) in [6.45, 7) is 7.20. The standard InChI is InChI=1S/C15H21NO2/c1-10(2)12-6-4-5-7-14(12)16-9-8-13(11(16)3)15(17)18/h4-7,10-11,13H,8-9H2,1-3H3,(H,17,18). The first-order valence-electron chi connectivity index (χ1n) is 6.60. The van der Waals surface area contributed by atoms with Crippen molar-refractivity contribution in [2.24, 2.45) is 5.92 Å². The Morgan fingerprint density at radius 2 is 2.06 bits per heavy atom. The van der Waals surface area contributed by atoms with Crippen LogP contribution in [0.2, 0.25) is 0 Å². The average Bonchev–Trinajstić information content (AvgIpc) is 2.71. The van der Waals surface area contributed by atoms with E-state index in [4.69, 9.17) is 0 Å². The van der Waals surface area contributed by atoms with Gasteiger partial charge in [-0.05, 0) is 30.9 Å². The maximum absolute atomic E-state index is 11.2. The molecule has 1 saturated heterocycles. The minimum atomic E-state index is -0.674. The number of benzene rings is 1. The topological polar surface area (TPSA) is 40.5 Å². The fourth-order valence-electron chi connectivity index (χ4n) is 2.85. The fraction of sp³-hybridized carbons (Fsp3) is 0.533. The van der Waals surface area contributed by atoms with Crippen LogP contribution in [0, 0.1) is 5.92 Å². The summed E-state index contributed by atoms with van der Waals surface area (Å²) in [7, 11) is 0. The Hall–Kier alpha value is -1.51. The molecule has 1 aliphatic heterocycles. The monoisotopic (exact) mass is 247 g/mol. The van der Waals surface area contributed by atoms with Crippen molar-refractivity contribution in [2.75, 3.05) is 11.4 Å². The lowest BCUT2D eigenvalue weighted by Gasteiger charge is -2.28. The summed E-state index contributed by atoms with van der Waals surface area (Å²) in [4.78, 5) is 13.4. The second-order valence-corrected chi connectivity index (χ2v) is 5.38. The van der Waals surface area contributed by atoms with E-state index in [-0.39, 0.29) is 12.0 Å². The number of para-hydroxylation sites is 1. The molecular formula is C15H21NO2. The van der Waals surface area contributed by atoms with Gasteiger partial charge in [-0.2, -0.15) is 0 Å². The lowest BCUT2D eigenvalue weighted by atomic mass is 9.99. The molecule has 1 aromatic carbocycles. The van der Waals surface area contributed by atoms with E-state index in [2.05, 4.69) is 30.9 Å². The van der Waals surface area contributed by atoms with Crippen LogP contribution in [0.25, 0.3) is 0 Å². The molecule has 1 N–H and O–H groups in total. The zero-order valence-electron chi connectivity index (χ0n) is 11.3. The van der Waals surface area contributed by atoms with Crippen molar-refractivity contribution >= 4 is 11.7 Å². The lowest BCUT2D eigenvalue weighted by Crippen LogP contribution is -2.33. The SMILES string of the molecule is CC(C)c1ccccc1N1CCC(C(=O)O)C1C. The Balaban J connectivity index is 2.31. The van der Waals surface area contributed by atoms with E-state index >= 15 is 0 Å². The Kier molecular flexibility index (Phi) is 3.60. The summed E-state index contributed by atoms with van der Waals surface area (Å²) in [6, 6.07) is 8.40. The van der Waals surface area contributed by atoms with Gasteiger partial charge in [-0.25, -0.2) is 0 Å². The zero-order chi connectivity index (χ0) is 13.3. The number of hydrogen-bond donors (Lipinski definition) is 1. The molecule has 0 spiro atoms. The molecule has 0 bridgehead atoms. The third kappa shape index (κ3) is 2.22. The third-order valence-corrected chi connectivity index (χ3v) is 3.94. The highest BCUT2D eigenvalue weighted by atomic mass is 16.4. The number of aliphatic carboxylic acids is 1. The molecule has 18 heavy (non-hydrogen) atoms. The zero-order valence-corrected chi connectivity index (χ0v) is 11.3. The van der Waals surface area contributed by atoms with E-state index in [1.165, 1.54) is 11.3 Å². The minimum Gasteiger partial charge on any atom is -0.481 e. The van der Waals surface area contributed by atoms with Crippen LogP contribution in [-0.2, 0) is 4.79 Å². The molecule has 2 atom stereocenters. The number of carbonyl (C=O) groups is 1. The molecular weight excluding hydrogens is 226 g/mol. The van der Waals surface area contributed by atoms with Crippen molar-refractivity contribution in [3.8, 4) is 0 Å². The molecule has 0 amide bonds. The van der Waals surface area contributed by atoms with Crippen molar-refractivity contribution in [1.82, 2.24) is 0 Å². The van der Waals surface area contributed by atoms with Crippen LogP contribution in [0.3, 0.4) is 0 Å². The fourth-order valence-corrected chi connectivity index (χ4v) is 2.85. The molecule has 3 nitrogen and oxygen atoms in total. The predicted molar refractivity (Wildman–Crippen MR) is 73.1 cm³/mol. The number of hydrogen-bond acceptors (Lipinski definition) is 2. The molecule has 3 heteroatoms. The van der Waals surface area contributed by atoms with Gasteiger partial charge in [0.2, 0.25) is 0 Å². The molecule has 0 saturated carbocycles. The van der Waals surface area contributed by atoms with Gasteiger partial charge in [0.15, 0.2) is 0 Å². The highest BCUT2D eigenvalue weighted by Crippen LogP contribution is 2.34. The van der Waals surface area contributed by atoms with Crippen LogP contribution in [0.5, 0.6) is 0 Å². The van der Waals surface area contributed by atoms with E-state index in [1.54, 1.807) is 0 Å². The molecule has 1 aliphatic rings. The first kappa shape index (κ1) is 12.9. The number of carboxylic acid groups (broad SMARTS) is 1. The average molecular weight is 247 g/mol. The maximum Gasteiger partial charge on any atom is 0.308 e. The summed E-state index contributed by atoms with van der Waals surface area (Å²) in [6.07, 6.45) is 0.739. The van der Waals surface area contributed by atoms with Gasteiger partial charge in [-0.15, -0.1) is 0 Å². The molecule has 0 radical (unpaired) electrons. The number of nitrogens with zero attached hydrogens (tertiary/aromatic N) is 1. The third-order valence-electron chi connectivity index (χ3n) is 3.94. The summed E-state index contributed by atoms with van der Waals surface area (Å²) >= 11 is 0. The van der Waals surface area contributed by atoms with Crippen molar-refractivity contribution in [3.05, 3.63) is 29.8 Å². The highest BCUT2D eigenvalue weighted by Gasteiger charge is 2.36. The van der Waals surface area contributed by atoms with Gasteiger partial charge in [0, 0.05) is 18.3 Å². The molecule has 2 unspecified atom stereocenters. The Bertz CT molecular complexity index is 442. The molecule has 1 heterocycles.